The molecule has 0 aliphatic heterocycles. The van der Waals surface area contributed by atoms with Crippen LogP contribution >= 0.6 is 0 Å². The SMILES string of the molecule is COc1cccc(C(=O)Oc2ccc(C(=O)C=Cc3ccc(F)cc3)cc2)c1. The van der Waals surface area contributed by atoms with Gasteiger partial charge >= 0.3 is 5.97 Å². The van der Waals surface area contributed by atoms with E-state index in [1.54, 1.807) is 66.7 Å². The van der Waals surface area contributed by atoms with Crippen LogP contribution in [0.4, 0.5) is 4.39 Å². The number of carbonyl (C=O) groups is 2. The zero-order chi connectivity index (χ0) is 19.9. The Labute approximate surface area is 161 Å². The molecular weight excluding hydrogens is 359 g/mol. The van der Waals surface area contributed by atoms with Crippen LogP contribution in [0.15, 0.2) is 78.9 Å². The van der Waals surface area contributed by atoms with Gasteiger partial charge in [0.25, 0.3) is 0 Å². The van der Waals surface area contributed by atoms with Crippen LogP contribution in [0.5, 0.6) is 11.5 Å². The lowest BCUT2D eigenvalue weighted by molar-refractivity contribution is 0.0734. The third-order valence-electron chi connectivity index (χ3n) is 3.95. The van der Waals surface area contributed by atoms with Gasteiger partial charge in [-0.1, -0.05) is 24.3 Å². The molecule has 0 amide bonds. The van der Waals surface area contributed by atoms with Gasteiger partial charge in [0.1, 0.15) is 17.3 Å². The van der Waals surface area contributed by atoms with Crippen molar-refractivity contribution in [1.29, 1.82) is 0 Å². The summed E-state index contributed by atoms with van der Waals surface area (Å²) in [7, 11) is 1.52. The Bertz CT molecular complexity index is 1010. The Balaban J connectivity index is 1.64. The fourth-order valence-electron chi connectivity index (χ4n) is 2.45. The van der Waals surface area contributed by atoms with Gasteiger partial charge in [0.15, 0.2) is 5.78 Å². The van der Waals surface area contributed by atoms with Crippen LogP contribution in [-0.2, 0) is 0 Å². The molecule has 0 saturated carbocycles. The summed E-state index contributed by atoms with van der Waals surface area (Å²) in [5.74, 6) is -0.179. The van der Waals surface area contributed by atoms with Gasteiger partial charge in [0.05, 0.1) is 12.7 Å². The molecule has 0 aliphatic carbocycles. The summed E-state index contributed by atoms with van der Waals surface area (Å²) >= 11 is 0. The minimum atomic E-state index is -0.519. The van der Waals surface area contributed by atoms with Crippen LogP contribution < -0.4 is 9.47 Å². The number of ether oxygens (including phenoxy) is 2. The van der Waals surface area contributed by atoms with Crippen molar-refractivity contribution in [3.05, 3.63) is 101 Å². The normalized spacial score (nSPS) is 10.6. The van der Waals surface area contributed by atoms with Gasteiger partial charge in [-0.05, 0) is 66.2 Å². The molecule has 0 atom stereocenters. The minimum absolute atomic E-state index is 0.213. The van der Waals surface area contributed by atoms with Crippen LogP contribution in [0, 0.1) is 5.82 Å². The van der Waals surface area contributed by atoms with Gasteiger partial charge in [0, 0.05) is 5.56 Å². The molecule has 0 spiro atoms. The van der Waals surface area contributed by atoms with E-state index >= 15 is 0 Å². The maximum absolute atomic E-state index is 12.9. The molecule has 0 heterocycles. The molecule has 0 N–H and O–H groups in total. The lowest BCUT2D eigenvalue weighted by Crippen LogP contribution is -2.08. The van der Waals surface area contributed by atoms with Crippen molar-refractivity contribution in [2.45, 2.75) is 0 Å². The van der Waals surface area contributed by atoms with E-state index < -0.39 is 5.97 Å². The van der Waals surface area contributed by atoms with Crippen LogP contribution in [0.2, 0.25) is 0 Å². The zero-order valence-corrected chi connectivity index (χ0v) is 15.1. The van der Waals surface area contributed by atoms with Crippen LogP contribution in [-0.4, -0.2) is 18.9 Å². The molecule has 3 aromatic rings. The van der Waals surface area contributed by atoms with Gasteiger partial charge < -0.3 is 9.47 Å². The third kappa shape index (κ3) is 4.92. The maximum Gasteiger partial charge on any atom is 0.343 e. The molecule has 0 aromatic heterocycles. The second kappa shape index (κ2) is 8.77. The van der Waals surface area contributed by atoms with Gasteiger partial charge in [-0.2, -0.15) is 0 Å². The first kappa shape index (κ1) is 19.0. The molecular formula is C23H17FO4. The molecule has 0 fully saturated rings. The summed E-state index contributed by atoms with van der Waals surface area (Å²) < 4.78 is 23.3. The third-order valence-corrected chi connectivity index (χ3v) is 3.95. The second-order valence-electron chi connectivity index (χ2n) is 5.89. The first-order valence-corrected chi connectivity index (χ1v) is 8.49. The number of allylic oxidation sites excluding steroid dienone is 1. The van der Waals surface area contributed by atoms with Crippen molar-refractivity contribution in [2.75, 3.05) is 7.11 Å². The number of carbonyl (C=O) groups excluding carboxylic acids is 2. The quantitative estimate of drug-likeness (QED) is 0.264. The van der Waals surface area contributed by atoms with E-state index in [1.165, 1.54) is 25.3 Å². The fraction of sp³-hybridized carbons (Fsp3) is 0.0435. The first-order valence-electron chi connectivity index (χ1n) is 8.49. The van der Waals surface area contributed by atoms with Crippen molar-refractivity contribution >= 4 is 17.8 Å². The van der Waals surface area contributed by atoms with E-state index in [1.807, 2.05) is 0 Å². The van der Waals surface area contributed by atoms with E-state index in [9.17, 15) is 14.0 Å². The maximum atomic E-state index is 12.9. The minimum Gasteiger partial charge on any atom is -0.497 e. The van der Waals surface area contributed by atoms with Gasteiger partial charge in [-0.3, -0.25) is 4.79 Å². The number of hydrogen-bond donors (Lipinski definition) is 0. The molecule has 0 aliphatic rings. The van der Waals surface area contributed by atoms with E-state index in [0.29, 0.717) is 22.6 Å². The smallest absolute Gasteiger partial charge is 0.343 e. The number of esters is 1. The molecule has 3 rings (SSSR count). The largest absolute Gasteiger partial charge is 0.497 e. The highest BCUT2D eigenvalue weighted by atomic mass is 19.1. The molecule has 5 heteroatoms. The Morgan fingerprint density at radius 3 is 2.25 bits per heavy atom. The number of halogens is 1. The number of rotatable bonds is 6. The topological polar surface area (TPSA) is 52.6 Å². The van der Waals surface area contributed by atoms with Gasteiger partial charge in [0.2, 0.25) is 0 Å². The van der Waals surface area contributed by atoms with Crippen LogP contribution in [0.1, 0.15) is 26.3 Å². The summed E-state index contributed by atoms with van der Waals surface area (Å²) in [5, 5.41) is 0. The summed E-state index contributed by atoms with van der Waals surface area (Å²) in [6.07, 6.45) is 3.02. The van der Waals surface area contributed by atoms with E-state index in [0.717, 1.165) is 5.56 Å². The van der Waals surface area contributed by atoms with Gasteiger partial charge in [-0.25, -0.2) is 9.18 Å². The standard InChI is InChI=1S/C23H17FO4/c1-27-21-4-2-3-18(15-21)23(26)28-20-12-8-17(9-13-20)22(25)14-7-16-5-10-19(24)11-6-16/h2-15H,1H3. The van der Waals surface area contributed by atoms with Crippen molar-refractivity contribution in [3.63, 3.8) is 0 Å². The predicted octanol–water partition coefficient (Wildman–Crippen LogP) is 4.95. The highest BCUT2D eigenvalue weighted by Gasteiger charge is 2.10. The average molecular weight is 376 g/mol. The molecule has 28 heavy (non-hydrogen) atoms. The second-order valence-corrected chi connectivity index (χ2v) is 5.89. The van der Waals surface area contributed by atoms with E-state index in [2.05, 4.69) is 0 Å². The highest BCUT2D eigenvalue weighted by molar-refractivity contribution is 6.06. The number of methoxy groups -OCH3 is 1. The Hall–Kier alpha value is -3.73. The molecule has 0 unspecified atom stereocenters. The summed E-state index contributed by atoms with van der Waals surface area (Å²) in [6.45, 7) is 0. The zero-order valence-electron chi connectivity index (χ0n) is 15.1. The fourth-order valence-corrected chi connectivity index (χ4v) is 2.45. The molecule has 0 radical (unpaired) electrons. The van der Waals surface area contributed by atoms with Crippen molar-refractivity contribution in [2.24, 2.45) is 0 Å². The Morgan fingerprint density at radius 2 is 1.57 bits per heavy atom. The highest BCUT2D eigenvalue weighted by Crippen LogP contribution is 2.18. The van der Waals surface area contributed by atoms with Crippen molar-refractivity contribution in [3.8, 4) is 11.5 Å². The van der Waals surface area contributed by atoms with Crippen LogP contribution in [0.3, 0.4) is 0 Å². The van der Waals surface area contributed by atoms with E-state index in [-0.39, 0.29) is 11.6 Å². The lowest BCUT2D eigenvalue weighted by Gasteiger charge is -2.06. The molecule has 140 valence electrons. The summed E-state index contributed by atoms with van der Waals surface area (Å²) in [4.78, 5) is 24.4. The number of ketones is 1. The molecule has 3 aromatic carbocycles. The molecule has 0 bridgehead atoms. The van der Waals surface area contributed by atoms with Crippen molar-refractivity contribution < 1.29 is 23.5 Å². The van der Waals surface area contributed by atoms with Crippen molar-refractivity contribution in [1.82, 2.24) is 0 Å². The molecule has 0 saturated heterocycles. The van der Waals surface area contributed by atoms with Gasteiger partial charge in [-0.15, -0.1) is 0 Å². The van der Waals surface area contributed by atoms with Crippen LogP contribution in [0.25, 0.3) is 6.08 Å². The Kier molecular flexibility index (Phi) is 5.97. The monoisotopic (exact) mass is 376 g/mol. The summed E-state index contributed by atoms with van der Waals surface area (Å²) in [6, 6.07) is 18.7. The first-order chi connectivity index (χ1) is 13.5. The average Bonchev–Trinajstić information content (AvgIpc) is 2.73. The molecule has 4 nitrogen and oxygen atoms in total. The van der Waals surface area contributed by atoms with E-state index in [4.69, 9.17) is 9.47 Å². The predicted molar refractivity (Wildman–Crippen MR) is 104 cm³/mol. The number of hydrogen-bond acceptors (Lipinski definition) is 4. The number of benzene rings is 3. The lowest BCUT2D eigenvalue weighted by atomic mass is 10.1. The Morgan fingerprint density at radius 1 is 0.857 bits per heavy atom. The summed E-state index contributed by atoms with van der Waals surface area (Å²) in [5.41, 5.74) is 1.53.